The van der Waals surface area contributed by atoms with Gasteiger partial charge in [-0.3, -0.25) is 9.59 Å². The zero-order valence-electron chi connectivity index (χ0n) is 8.90. The fourth-order valence-electron chi connectivity index (χ4n) is 1.15. The number of ether oxygens (including phenoxy) is 1. The van der Waals surface area contributed by atoms with Gasteiger partial charge in [-0.25, -0.2) is 0 Å². The molecular formula is C11H13NO4. The van der Waals surface area contributed by atoms with Crippen LogP contribution in [0.25, 0.3) is 0 Å². The van der Waals surface area contributed by atoms with Crippen molar-refractivity contribution >= 4 is 11.9 Å². The molecule has 86 valence electrons. The highest BCUT2D eigenvalue weighted by atomic mass is 16.5. The standard InChI is InChI=1S/C11H13NO4/c1-16-9-4-2-3-8(7-9)11(15)12-6-5-10(13)14/h2-4,7H,5-6H2,1H3,(H,12,15)(H,13,14). The minimum Gasteiger partial charge on any atom is -0.497 e. The Bertz CT molecular complexity index is 389. The van der Waals surface area contributed by atoms with Gasteiger partial charge >= 0.3 is 5.97 Å². The first-order valence-corrected chi connectivity index (χ1v) is 4.77. The predicted molar refractivity (Wildman–Crippen MR) is 57.6 cm³/mol. The van der Waals surface area contributed by atoms with Crippen molar-refractivity contribution in [3.05, 3.63) is 29.8 Å². The summed E-state index contributed by atoms with van der Waals surface area (Å²) >= 11 is 0. The van der Waals surface area contributed by atoms with Crippen LogP contribution in [0.3, 0.4) is 0 Å². The van der Waals surface area contributed by atoms with Gasteiger partial charge in [0.25, 0.3) is 5.91 Å². The monoisotopic (exact) mass is 223 g/mol. The van der Waals surface area contributed by atoms with Crippen LogP contribution in [0.2, 0.25) is 0 Å². The second-order valence-electron chi connectivity index (χ2n) is 3.13. The number of aliphatic carboxylic acids is 1. The molecule has 5 heteroatoms. The van der Waals surface area contributed by atoms with Gasteiger partial charge in [-0.15, -0.1) is 0 Å². The van der Waals surface area contributed by atoms with Gasteiger partial charge in [0.15, 0.2) is 0 Å². The highest BCUT2D eigenvalue weighted by molar-refractivity contribution is 5.94. The number of nitrogens with one attached hydrogen (secondary N) is 1. The van der Waals surface area contributed by atoms with Gasteiger partial charge in [0.2, 0.25) is 0 Å². The average molecular weight is 223 g/mol. The SMILES string of the molecule is COc1cccc(C(=O)NCCC(=O)O)c1. The Morgan fingerprint density at radius 2 is 2.19 bits per heavy atom. The van der Waals surface area contributed by atoms with Crippen LogP contribution in [0.1, 0.15) is 16.8 Å². The van der Waals surface area contributed by atoms with Crippen LogP contribution >= 0.6 is 0 Å². The summed E-state index contributed by atoms with van der Waals surface area (Å²) in [5, 5.41) is 10.9. The number of hydrogen-bond acceptors (Lipinski definition) is 3. The van der Waals surface area contributed by atoms with Crippen LogP contribution < -0.4 is 10.1 Å². The van der Waals surface area contributed by atoms with Crippen LogP contribution in [0, 0.1) is 0 Å². The molecule has 0 bridgehead atoms. The Morgan fingerprint density at radius 3 is 2.81 bits per heavy atom. The molecule has 0 aromatic heterocycles. The lowest BCUT2D eigenvalue weighted by Gasteiger charge is -2.05. The molecule has 0 unspecified atom stereocenters. The molecule has 1 rings (SSSR count). The number of methoxy groups -OCH3 is 1. The molecule has 16 heavy (non-hydrogen) atoms. The summed E-state index contributed by atoms with van der Waals surface area (Å²) in [5.74, 6) is -0.656. The van der Waals surface area contributed by atoms with E-state index in [4.69, 9.17) is 9.84 Å². The van der Waals surface area contributed by atoms with Gasteiger partial charge in [-0.1, -0.05) is 6.07 Å². The third kappa shape index (κ3) is 3.61. The normalized spacial score (nSPS) is 9.56. The fourth-order valence-corrected chi connectivity index (χ4v) is 1.15. The third-order valence-electron chi connectivity index (χ3n) is 1.96. The number of carbonyl (C=O) groups excluding carboxylic acids is 1. The van der Waals surface area contributed by atoms with Crippen molar-refractivity contribution in [1.29, 1.82) is 0 Å². The van der Waals surface area contributed by atoms with E-state index in [1.807, 2.05) is 0 Å². The summed E-state index contributed by atoms with van der Waals surface area (Å²) in [5.41, 5.74) is 0.449. The molecule has 0 saturated heterocycles. The molecule has 0 saturated carbocycles. The smallest absolute Gasteiger partial charge is 0.305 e. The van der Waals surface area contributed by atoms with E-state index in [0.29, 0.717) is 11.3 Å². The van der Waals surface area contributed by atoms with Gasteiger partial charge in [-0.2, -0.15) is 0 Å². The molecule has 0 atom stereocenters. The summed E-state index contributed by atoms with van der Waals surface area (Å²) in [6.07, 6.45) is -0.0876. The van der Waals surface area contributed by atoms with Crippen LogP contribution in [0.15, 0.2) is 24.3 Å². The number of hydrogen-bond donors (Lipinski definition) is 2. The van der Waals surface area contributed by atoms with Gasteiger partial charge in [0.05, 0.1) is 13.5 Å². The highest BCUT2D eigenvalue weighted by Gasteiger charge is 2.06. The van der Waals surface area contributed by atoms with Gasteiger partial charge in [0.1, 0.15) is 5.75 Å². The molecule has 0 fully saturated rings. The Labute approximate surface area is 93.0 Å². The summed E-state index contributed by atoms with van der Waals surface area (Å²) in [4.78, 5) is 21.8. The molecule has 0 aliphatic heterocycles. The van der Waals surface area contributed by atoms with Crippen LogP contribution in [-0.2, 0) is 4.79 Å². The van der Waals surface area contributed by atoms with E-state index >= 15 is 0 Å². The van der Waals surface area contributed by atoms with Crippen molar-refractivity contribution in [2.75, 3.05) is 13.7 Å². The van der Waals surface area contributed by atoms with Crippen LogP contribution in [0.5, 0.6) is 5.75 Å². The third-order valence-corrected chi connectivity index (χ3v) is 1.96. The fraction of sp³-hybridized carbons (Fsp3) is 0.273. The molecule has 2 N–H and O–H groups in total. The number of benzene rings is 1. The summed E-state index contributed by atoms with van der Waals surface area (Å²) in [6, 6.07) is 6.66. The van der Waals surface area contributed by atoms with Crippen molar-refractivity contribution in [3.8, 4) is 5.75 Å². The van der Waals surface area contributed by atoms with Crippen molar-refractivity contribution in [2.24, 2.45) is 0 Å². The number of carboxylic acid groups (broad SMARTS) is 1. The molecule has 0 aliphatic carbocycles. The summed E-state index contributed by atoms with van der Waals surface area (Å²) < 4.78 is 4.97. The van der Waals surface area contributed by atoms with Crippen molar-refractivity contribution in [3.63, 3.8) is 0 Å². The van der Waals surface area contributed by atoms with Gasteiger partial charge < -0.3 is 15.2 Å². The molecular weight excluding hydrogens is 210 g/mol. The molecule has 1 amide bonds. The van der Waals surface area contributed by atoms with Crippen molar-refractivity contribution in [2.45, 2.75) is 6.42 Å². The van der Waals surface area contributed by atoms with E-state index in [0.717, 1.165) is 0 Å². The summed E-state index contributed by atoms with van der Waals surface area (Å²) in [7, 11) is 1.52. The second-order valence-corrected chi connectivity index (χ2v) is 3.13. The van der Waals surface area contributed by atoms with E-state index in [1.54, 1.807) is 24.3 Å². The number of rotatable bonds is 5. The van der Waals surface area contributed by atoms with Crippen LogP contribution in [-0.4, -0.2) is 30.6 Å². The largest absolute Gasteiger partial charge is 0.497 e. The summed E-state index contributed by atoms with van der Waals surface area (Å²) in [6.45, 7) is 0.116. The van der Waals surface area contributed by atoms with E-state index in [9.17, 15) is 9.59 Å². The number of carbonyl (C=O) groups is 2. The number of amides is 1. The molecule has 0 spiro atoms. The maximum Gasteiger partial charge on any atom is 0.305 e. The first-order chi connectivity index (χ1) is 7.63. The zero-order valence-corrected chi connectivity index (χ0v) is 8.90. The molecule has 5 nitrogen and oxygen atoms in total. The molecule has 0 aliphatic rings. The first-order valence-electron chi connectivity index (χ1n) is 4.77. The topological polar surface area (TPSA) is 75.6 Å². The lowest BCUT2D eigenvalue weighted by Crippen LogP contribution is -2.25. The van der Waals surface area contributed by atoms with Gasteiger partial charge in [0, 0.05) is 12.1 Å². The second kappa shape index (κ2) is 5.75. The van der Waals surface area contributed by atoms with E-state index in [1.165, 1.54) is 7.11 Å². The van der Waals surface area contributed by atoms with Crippen molar-refractivity contribution in [1.82, 2.24) is 5.32 Å². The van der Waals surface area contributed by atoms with E-state index in [-0.39, 0.29) is 18.9 Å². The maximum atomic E-state index is 11.5. The van der Waals surface area contributed by atoms with Crippen LogP contribution in [0.4, 0.5) is 0 Å². The molecule has 1 aromatic carbocycles. The molecule has 1 aromatic rings. The Kier molecular flexibility index (Phi) is 4.32. The predicted octanol–water partition coefficient (Wildman–Crippen LogP) is 0.900. The Hall–Kier alpha value is -2.04. The zero-order chi connectivity index (χ0) is 12.0. The van der Waals surface area contributed by atoms with Crippen molar-refractivity contribution < 1.29 is 19.4 Å². The lowest BCUT2D eigenvalue weighted by atomic mass is 10.2. The maximum absolute atomic E-state index is 11.5. The molecule has 0 radical (unpaired) electrons. The first kappa shape index (κ1) is 12.0. The Balaban J connectivity index is 2.55. The van der Waals surface area contributed by atoms with E-state index < -0.39 is 5.97 Å². The minimum atomic E-state index is -0.939. The highest BCUT2D eigenvalue weighted by Crippen LogP contribution is 2.12. The lowest BCUT2D eigenvalue weighted by molar-refractivity contribution is -0.136. The van der Waals surface area contributed by atoms with Gasteiger partial charge in [-0.05, 0) is 18.2 Å². The van der Waals surface area contributed by atoms with E-state index in [2.05, 4.69) is 5.32 Å². The Morgan fingerprint density at radius 1 is 1.44 bits per heavy atom. The number of carboxylic acids is 1. The average Bonchev–Trinajstić information content (AvgIpc) is 2.28. The minimum absolute atomic E-state index is 0.0876. The quantitative estimate of drug-likeness (QED) is 0.777. The molecule has 0 heterocycles.